The highest BCUT2D eigenvalue weighted by atomic mass is 35.5. The first kappa shape index (κ1) is 19.2. The van der Waals surface area contributed by atoms with Crippen molar-refractivity contribution in [3.05, 3.63) is 92.7 Å². The zero-order valence-electron chi connectivity index (χ0n) is 16.2. The molecule has 4 aromatic rings. The number of hydrogen-bond acceptors (Lipinski definition) is 6. The number of carboxylic acids is 1. The minimum atomic E-state index is -1.30. The minimum Gasteiger partial charge on any atom is -0.477 e. The van der Waals surface area contributed by atoms with Crippen LogP contribution in [0.4, 0.5) is 5.82 Å². The second kappa shape index (κ2) is 7.48. The van der Waals surface area contributed by atoms with Gasteiger partial charge in [-0.05, 0) is 29.3 Å². The molecule has 0 bridgehead atoms. The Bertz CT molecular complexity index is 1360. The lowest BCUT2D eigenvalue weighted by molar-refractivity contribution is 0.0695. The van der Waals surface area contributed by atoms with E-state index in [4.69, 9.17) is 16.6 Å². The molecule has 0 fully saturated rings. The van der Waals surface area contributed by atoms with Crippen molar-refractivity contribution in [1.82, 2.24) is 19.5 Å². The van der Waals surface area contributed by atoms with Crippen molar-refractivity contribution in [3.63, 3.8) is 0 Å². The van der Waals surface area contributed by atoms with E-state index in [1.807, 2.05) is 23.1 Å². The molecule has 0 atom stereocenters. The summed E-state index contributed by atoms with van der Waals surface area (Å²) in [6.45, 7) is 1.46. The third-order valence-electron chi connectivity index (χ3n) is 5.28. The summed E-state index contributed by atoms with van der Waals surface area (Å²) >= 11 is 6.51. The van der Waals surface area contributed by atoms with Gasteiger partial charge < -0.3 is 14.6 Å². The van der Waals surface area contributed by atoms with Gasteiger partial charge in [0.25, 0.3) is 0 Å². The molecule has 9 heteroatoms. The van der Waals surface area contributed by atoms with E-state index in [1.54, 1.807) is 29.2 Å². The highest BCUT2D eigenvalue weighted by Gasteiger charge is 2.25. The largest absolute Gasteiger partial charge is 0.477 e. The minimum absolute atomic E-state index is 0.160. The highest BCUT2D eigenvalue weighted by molar-refractivity contribution is 6.33. The summed E-state index contributed by atoms with van der Waals surface area (Å²) in [5.41, 5.74) is 2.31. The van der Waals surface area contributed by atoms with Gasteiger partial charge in [0.05, 0.1) is 29.2 Å². The lowest BCUT2D eigenvalue weighted by atomic mass is 10.1. The molecule has 0 unspecified atom stereocenters. The standard InChI is InChI=1S/C22H16ClN5O3/c23-17-7-15-19(29)16(22(30)31)11-27(9-13-3-1-5-24-8-13)20(15)26-21(17)28-10-14-4-2-6-25-18(14)12-28/h1-8,11H,9-10,12H2,(H,30,31). The molecule has 31 heavy (non-hydrogen) atoms. The van der Waals surface area contributed by atoms with Crippen LogP contribution >= 0.6 is 11.6 Å². The number of halogens is 1. The van der Waals surface area contributed by atoms with Gasteiger partial charge in [-0.15, -0.1) is 0 Å². The van der Waals surface area contributed by atoms with Gasteiger partial charge in [-0.1, -0.05) is 23.7 Å². The Morgan fingerprint density at radius 1 is 1.19 bits per heavy atom. The molecule has 0 saturated carbocycles. The van der Waals surface area contributed by atoms with Gasteiger partial charge in [0.1, 0.15) is 11.2 Å². The first-order chi connectivity index (χ1) is 15.0. The van der Waals surface area contributed by atoms with Crippen LogP contribution in [-0.2, 0) is 19.6 Å². The van der Waals surface area contributed by atoms with E-state index >= 15 is 0 Å². The molecule has 0 amide bonds. The molecule has 0 aliphatic carbocycles. The van der Waals surface area contributed by atoms with Crippen molar-refractivity contribution in [2.24, 2.45) is 0 Å². The average molecular weight is 434 g/mol. The summed E-state index contributed by atoms with van der Waals surface area (Å²) in [7, 11) is 0. The number of fused-ring (bicyclic) bond motifs is 2. The summed E-state index contributed by atoms with van der Waals surface area (Å²) in [4.78, 5) is 39.7. The van der Waals surface area contributed by atoms with Crippen LogP contribution in [0.3, 0.4) is 0 Å². The number of anilines is 1. The lowest BCUT2D eigenvalue weighted by Gasteiger charge is -2.20. The Morgan fingerprint density at radius 3 is 2.77 bits per heavy atom. The van der Waals surface area contributed by atoms with Crippen LogP contribution in [0.1, 0.15) is 27.2 Å². The molecule has 0 spiro atoms. The van der Waals surface area contributed by atoms with Crippen LogP contribution in [0.15, 0.2) is 59.9 Å². The van der Waals surface area contributed by atoms with E-state index in [-0.39, 0.29) is 16.0 Å². The summed E-state index contributed by atoms with van der Waals surface area (Å²) < 4.78 is 1.65. The maximum Gasteiger partial charge on any atom is 0.341 e. The predicted octanol–water partition coefficient (Wildman–Crippen LogP) is 3.11. The number of rotatable bonds is 4. The van der Waals surface area contributed by atoms with Gasteiger partial charge in [0.15, 0.2) is 5.82 Å². The van der Waals surface area contributed by atoms with Gasteiger partial charge in [-0.25, -0.2) is 9.78 Å². The van der Waals surface area contributed by atoms with Crippen LogP contribution in [0.25, 0.3) is 11.0 Å². The average Bonchev–Trinajstić information content (AvgIpc) is 3.20. The Labute approximate surface area is 181 Å². The molecule has 154 valence electrons. The number of nitrogens with zero attached hydrogens (tertiary/aromatic N) is 5. The molecule has 5 rings (SSSR count). The fourth-order valence-electron chi connectivity index (χ4n) is 3.81. The van der Waals surface area contributed by atoms with Crippen molar-refractivity contribution in [1.29, 1.82) is 0 Å². The predicted molar refractivity (Wildman–Crippen MR) is 115 cm³/mol. The number of hydrogen-bond donors (Lipinski definition) is 1. The summed E-state index contributed by atoms with van der Waals surface area (Å²) in [5.74, 6) is -0.775. The molecular weight excluding hydrogens is 418 g/mol. The monoisotopic (exact) mass is 433 g/mol. The van der Waals surface area contributed by atoms with Gasteiger partial charge in [-0.2, -0.15) is 0 Å². The quantitative estimate of drug-likeness (QED) is 0.527. The van der Waals surface area contributed by atoms with Gasteiger partial charge >= 0.3 is 5.97 Å². The van der Waals surface area contributed by atoms with Crippen molar-refractivity contribution in [2.75, 3.05) is 4.90 Å². The Hall–Kier alpha value is -3.78. The number of aromatic nitrogens is 4. The van der Waals surface area contributed by atoms with Crippen molar-refractivity contribution < 1.29 is 9.90 Å². The summed E-state index contributed by atoms with van der Waals surface area (Å²) in [6.07, 6.45) is 6.41. The van der Waals surface area contributed by atoms with Crippen molar-refractivity contribution in [2.45, 2.75) is 19.6 Å². The molecule has 0 saturated heterocycles. The van der Waals surface area contributed by atoms with E-state index in [0.717, 1.165) is 16.8 Å². The topological polar surface area (TPSA) is 101 Å². The maximum atomic E-state index is 12.8. The molecule has 8 nitrogen and oxygen atoms in total. The van der Waals surface area contributed by atoms with Crippen molar-refractivity contribution in [3.8, 4) is 0 Å². The van der Waals surface area contributed by atoms with Crippen LogP contribution in [0.5, 0.6) is 0 Å². The van der Waals surface area contributed by atoms with Gasteiger partial charge in [0.2, 0.25) is 5.43 Å². The second-order valence-electron chi connectivity index (χ2n) is 7.30. The van der Waals surface area contributed by atoms with Gasteiger partial charge in [-0.3, -0.25) is 14.8 Å². The SMILES string of the molecule is O=C(O)c1cn(Cc2cccnc2)c2nc(N3Cc4cccnc4C3)c(Cl)cc2c1=O. The molecule has 5 heterocycles. The number of pyridine rings is 4. The highest BCUT2D eigenvalue weighted by Crippen LogP contribution is 2.32. The van der Waals surface area contributed by atoms with Gasteiger partial charge in [0, 0.05) is 31.3 Å². The molecule has 0 radical (unpaired) electrons. The first-order valence-corrected chi connectivity index (χ1v) is 9.92. The van der Waals surface area contributed by atoms with E-state index < -0.39 is 11.4 Å². The summed E-state index contributed by atoms with van der Waals surface area (Å²) in [5, 5.41) is 9.96. The van der Waals surface area contributed by atoms with Crippen LogP contribution in [-0.4, -0.2) is 30.6 Å². The fourth-order valence-corrected chi connectivity index (χ4v) is 4.08. The zero-order valence-corrected chi connectivity index (χ0v) is 17.0. The zero-order chi connectivity index (χ0) is 21.5. The van der Waals surface area contributed by atoms with E-state index in [1.165, 1.54) is 12.3 Å². The smallest absolute Gasteiger partial charge is 0.341 e. The Morgan fingerprint density at radius 2 is 2.03 bits per heavy atom. The first-order valence-electron chi connectivity index (χ1n) is 9.55. The molecule has 1 aliphatic heterocycles. The summed E-state index contributed by atoms with van der Waals surface area (Å²) in [6, 6.07) is 9.06. The van der Waals surface area contributed by atoms with E-state index in [0.29, 0.717) is 31.1 Å². The molecule has 4 aromatic heterocycles. The number of carbonyl (C=O) groups is 1. The Balaban J connectivity index is 1.67. The van der Waals surface area contributed by atoms with Crippen molar-refractivity contribution >= 4 is 34.4 Å². The van der Waals surface area contributed by atoms with Crippen LogP contribution in [0.2, 0.25) is 5.02 Å². The third kappa shape index (κ3) is 3.40. The normalized spacial score (nSPS) is 12.9. The fraction of sp³-hybridized carbons (Fsp3) is 0.136. The molecule has 1 aliphatic rings. The molecular formula is C22H16ClN5O3. The maximum absolute atomic E-state index is 12.8. The Kier molecular flexibility index (Phi) is 4.63. The molecule has 1 N–H and O–H groups in total. The third-order valence-corrected chi connectivity index (χ3v) is 5.55. The number of carboxylic acid groups (broad SMARTS) is 1. The second-order valence-corrected chi connectivity index (χ2v) is 7.70. The number of aromatic carboxylic acids is 1. The van der Waals surface area contributed by atoms with Crippen LogP contribution in [0, 0.1) is 0 Å². The van der Waals surface area contributed by atoms with E-state index in [2.05, 4.69) is 9.97 Å². The molecule has 0 aromatic carbocycles. The van der Waals surface area contributed by atoms with E-state index in [9.17, 15) is 14.7 Å². The van der Waals surface area contributed by atoms with Crippen LogP contribution < -0.4 is 10.3 Å². The lowest BCUT2D eigenvalue weighted by Crippen LogP contribution is -2.22.